The van der Waals surface area contributed by atoms with Gasteiger partial charge in [-0.05, 0) is 34.1 Å². The van der Waals surface area contributed by atoms with Crippen molar-refractivity contribution < 1.29 is 13.9 Å². The minimum absolute atomic E-state index is 0.220. The summed E-state index contributed by atoms with van der Waals surface area (Å²) in [5.41, 5.74) is 0.220. The van der Waals surface area contributed by atoms with Crippen molar-refractivity contribution in [2.45, 2.75) is 6.10 Å². The molecule has 1 aliphatic rings. The normalized spacial score (nSPS) is 17.6. The topological polar surface area (TPSA) is 42.4 Å². The predicted molar refractivity (Wildman–Crippen MR) is 75.1 cm³/mol. The molecule has 6 heteroatoms. The smallest absolute Gasteiger partial charge is 0.273 e. The zero-order chi connectivity index (χ0) is 14.3. The van der Waals surface area contributed by atoms with Crippen LogP contribution in [0.3, 0.4) is 0 Å². The molecule has 1 aromatic carbocycles. The lowest BCUT2D eigenvalue weighted by molar-refractivity contribution is -0.126. The molecule has 20 heavy (non-hydrogen) atoms. The Hall–Kier alpha value is -1.95. The number of nitrogens with zero attached hydrogens (tertiary/aromatic N) is 2. The maximum Gasteiger partial charge on any atom is 0.273 e. The number of likely N-dealkylation sites (N-methyl/N-ethyl adjacent to an activating group) is 1. The molecule has 2 aromatic rings. The Balaban J connectivity index is 2.07. The van der Waals surface area contributed by atoms with Gasteiger partial charge >= 0.3 is 0 Å². The van der Waals surface area contributed by atoms with E-state index in [1.165, 1.54) is 11.0 Å². The van der Waals surface area contributed by atoms with E-state index in [0.717, 1.165) is 0 Å². The van der Waals surface area contributed by atoms with E-state index in [0.29, 0.717) is 16.2 Å². The molecule has 0 fully saturated rings. The first-order valence-electron chi connectivity index (χ1n) is 5.93. The lowest BCUT2D eigenvalue weighted by Gasteiger charge is -2.31. The molecule has 1 atom stereocenters. The van der Waals surface area contributed by atoms with Crippen LogP contribution in [0.25, 0.3) is 0 Å². The largest absolute Gasteiger partial charge is 0.472 e. The Labute approximate surface area is 123 Å². The summed E-state index contributed by atoms with van der Waals surface area (Å²) in [6, 6.07) is 9.50. The van der Waals surface area contributed by atoms with Crippen LogP contribution in [0.15, 0.2) is 41.0 Å². The van der Waals surface area contributed by atoms with Gasteiger partial charge in [0.15, 0.2) is 11.6 Å². The molecule has 0 spiro atoms. The highest BCUT2D eigenvalue weighted by molar-refractivity contribution is 9.10. The monoisotopic (exact) mass is 336 g/mol. The van der Waals surface area contributed by atoms with Crippen molar-refractivity contribution in [1.82, 2.24) is 4.98 Å². The average molecular weight is 337 g/mol. The Morgan fingerprint density at radius 1 is 1.30 bits per heavy atom. The number of fused-ring (bicyclic) bond motifs is 1. The van der Waals surface area contributed by atoms with Gasteiger partial charge in [0.05, 0.1) is 0 Å². The number of halogens is 2. The molecule has 1 amide bonds. The van der Waals surface area contributed by atoms with Crippen LogP contribution >= 0.6 is 15.9 Å². The first-order valence-corrected chi connectivity index (χ1v) is 6.72. The fourth-order valence-electron chi connectivity index (χ4n) is 2.09. The fourth-order valence-corrected chi connectivity index (χ4v) is 2.39. The maximum atomic E-state index is 13.8. The van der Waals surface area contributed by atoms with Crippen molar-refractivity contribution in [2.75, 3.05) is 11.9 Å². The number of pyridine rings is 1. The van der Waals surface area contributed by atoms with Gasteiger partial charge in [-0.3, -0.25) is 9.69 Å². The zero-order valence-electron chi connectivity index (χ0n) is 10.5. The molecule has 2 heterocycles. The van der Waals surface area contributed by atoms with Crippen LogP contribution in [0, 0.1) is 5.82 Å². The summed E-state index contributed by atoms with van der Waals surface area (Å²) in [6.45, 7) is 0. The summed E-state index contributed by atoms with van der Waals surface area (Å²) in [6.07, 6.45) is -0.989. The summed E-state index contributed by atoms with van der Waals surface area (Å²) in [5.74, 6) is 0.0430. The molecule has 0 bridgehead atoms. The van der Waals surface area contributed by atoms with Gasteiger partial charge in [-0.25, -0.2) is 9.37 Å². The summed E-state index contributed by atoms with van der Waals surface area (Å²) >= 11 is 3.24. The second-order valence-corrected chi connectivity index (χ2v) is 5.18. The van der Waals surface area contributed by atoms with Gasteiger partial charge in [0.1, 0.15) is 10.4 Å². The van der Waals surface area contributed by atoms with Gasteiger partial charge in [-0.1, -0.05) is 18.2 Å². The third kappa shape index (κ3) is 2.06. The summed E-state index contributed by atoms with van der Waals surface area (Å²) < 4.78 is 20.1. The van der Waals surface area contributed by atoms with Gasteiger partial charge in [-0.2, -0.15) is 0 Å². The van der Waals surface area contributed by atoms with E-state index in [1.54, 1.807) is 37.4 Å². The van der Waals surface area contributed by atoms with Crippen molar-refractivity contribution in [3.8, 4) is 5.75 Å². The van der Waals surface area contributed by atoms with Crippen LogP contribution in [-0.4, -0.2) is 17.9 Å². The molecule has 102 valence electrons. The first-order chi connectivity index (χ1) is 9.58. The quantitative estimate of drug-likeness (QED) is 0.751. The SMILES string of the molecule is CN1C(=O)C(c2ccccc2F)Oc2ccc(Br)nc21. The highest BCUT2D eigenvalue weighted by Crippen LogP contribution is 2.37. The lowest BCUT2D eigenvalue weighted by atomic mass is 10.1. The number of carbonyl (C=O) groups is 1. The third-order valence-corrected chi connectivity index (χ3v) is 3.55. The molecule has 4 nitrogen and oxygen atoms in total. The number of ether oxygens (including phenoxy) is 1. The molecule has 0 saturated heterocycles. The number of hydrogen-bond donors (Lipinski definition) is 0. The second-order valence-electron chi connectivity index (χ2n) is 4.37. The van der Waals surface area contributed by atoms with Crippen LogP contribution in [0.2, 0.25) is 0 Å². The molecule has 3 rings (SSSR count). The van der Waals surface area contributed by atoms with E-state index >= 15 is 0 Å². The maximum absolute atomic E-state index is 13.8. The molecule has 0 saturated carbocycles. The highest BCUT2D eigenvalue weighted by Gasteiger charge is 2.35. The van der Waals surface area contributed by atoms with Gasteiger partial charge in [0, 0.05) is 12.6 Å². The fraction of sp³-hybridized carbons (Fsp3) is 0.143. The van der Waals surface area contributed by atoms with E-state index < -0.39 is 11.9 Å². The summed E-state index contributed by atoms with van der Waals surface area (Å²) in [5, 5.41) is 0. The third-order valence-electron chi connectivity index (χ3n) is 3.11. The van der Waals surface area contributed by atoms with Crippen LogP contribution < -0.4 is 9.64 Å². The molecule has 0 radical (unpaired) electrons. The molecule has 0 N–H and O–H groups in total. The van der Waals surface area contributed by atoms with Gasteiger partial charge < -0.3 is 4.74 Å². The molecule has 1 aromatic heterocycles. The Morgan fingerprint density at radius 3 is 2.80 bits per heavy atom. The molecule has 1 unspecified atom stereocenters. The lowest BCUT2D eigenvalue weighted by Crippen LogP contribution is -2.39. The molecular weight excluding hydrogens is 327 g/mol. The molecule has 0 aliphatic carbocycles. The van der Waals surface area contributed by atoms with E-state index in [2.05, 4.69) is 20.9 Å². The number of amides is 1. The Kier molecular flexibility index (Phi) is 3.17. The van der Waals surface area contributed by atoms with Crippen molar-refractivity contribution >= 4 is 27.7 Å². The highest BCUT2D eigenvalue weighted by atomic mass is 79.9. The average Bonchev–Trinajstić information content (AvgIpc) is 2.44. The van der Waals surface area contributed by atoms with E-state index in [1.807, 2.05) is 0 Å². The van der Waals surface area contributed by atoms with Crippen LogP contribution in [-0.2, 0) is 4.79 Å². The Bertz CT molecular complexity index is 693. The minimum atomic E-state index is -0.989. The van der Waals surface area contributed by atoms with Gasteiger partial charge in [-0.15, -0.1) is 0 Å². The number of hydrogen-bond acceptors (Lipinski definition) is 3. The van der Waals surface area contributed by atoms with Gasteiger partial charge in [0.25, 0.3) is 5.91 Å². The van der Waals surface area contributed by atoms with Crippen molar-refractivity contribution in [3.63, 3.8) is 0 Å². The minimum Gasteiger partial charge on any atom is -0.472 e. The number of benzene rings is 1. The van der Waals surface area contributed by atoms with E-state index in [4.69, 9.17) is 4.74 Å². The van der Waals surface area contributed by atoms with Crippen LogP contribution in [0.5, 0.6) is 5.75 Å². The predicted octanol–water partition coefficient (Wildman–Crippen LogP) is 3.08. The number of anilines is 1. The first kappa shape index (κ1) is 13.1. The number of rotatable bonds is 1. The standard InChI is InChI=1S/C14H10BrFN2O2/c1-18-13-10(6-7-11(15)17-13)20-12(14(18)19)8-4-2-3-5-9(8)16/h2-7,12H,1H3. The van der Waals surface area contributed by atoms with Gasteiger partial charge in [0.2, 0.25) is 6.10 Å². The number of aromatic nitrogens is 1. The molecule has 1 aliphatic heterocycles. The van der Waals surface area contributed by atoms with Crippen LogP contribution in [0.1, 0.15) is 11.7 Å². The van der Waals surface area contributed by atoms with Crippen LogP contribution in [0.4, 0.5) is 10.2 Å². The molecular formula is C14H10BrFN2O2. The zero-order valence-corrected chi connectivity index (χ0v) is 12.1. The van der Waals surface area contributed by atoms with Crippen molar-refractivity contribution in [1.29, 1.82) is 0 Å². The van der Waals surface area contributed by atoms with Crippen molar-refractivity contribution in [3.05, 3.63) is 52.4 Å². The second kappa shape index (κ2) is 4.86. The number of carbonyl (C=O) groups excluding carboxylic acids is 1. The van der Waals surface area contributed by atoms with E-state index in [9.17, 15) is 9.18 Å². The van der Waals surface area contributed by atoms with Crippen molar-refractivity contribution in [2.24, 2.45) is 0 Å². The summed E-state index contributed by atoms with van der Waals surface area (Å²) in [7, 11) is 1.59. The van der Waals surface area contributed by atoms with E-state index in [-0.39, 0.29) is 11.5 Å². The summed E-state index contributed by atoms with van der Waals surface area (Å²) in [4.78, 5) is 17.9. The Morgan fingerprint density at radius 2 is 2.05 bits per heavy atom.